The maximum Gasteiger partial charge on any atom is 0.315 e. The van der Waals surface area contributed by atoms with Gasteiger partial charge in [0.15, 0.2) is 0 Å². The van der Waals surface area contributed by atoms with E-state index in [1.54, 1.807) is 6.33 Å². The van der Waals surface area contributed by atoms with Crippen LogP contribution in [0.5, 0.6) is 0 Å². The van der Waals surface area contributed by atoms with Gasteiger partial charge in [-0.1, -0.05) is 13.0 Å². The molecule has 0 unspecified atom stereocenters. The first-order valence-corrected chi connectivity index (χ1v) is 6.12. The highest BCUT2D eigenvalue weighted by Crippen LogP contribution is 2.13. The third-order valence-corrected chi connectivity index (χ3v) is 2.78. The van der Waals surface area contributed by atoms with Gasteiger partial charge in [-0.05, 0) is 24.1 Å². The van der Waals surface area contributed by atoms with Crippen molar-refractivity contribution in [2.75, 3.05) is 6.54 Å². The number of carbonyl (C=O) groups is 1. The van der Waals surface area contributed by atoms with Crippen molar-refractivity contribution in [2.24, 2.45) is 7.05 Å². The van der Waals surface area contributed by atoms with E-state index in [9.17, 15) is 4.79 Å². The summed E-state index contributed by atoms with van der Waals surface area (Å²) >= 11 is 0. The van der Waals surface area contributed by atoms with Crippen LogP contribution in [-0.4, -0.2) is 22.1 Å². The molecule has 0 saturated heterocycles. The number of hydrogen-bond donors (Lipinski definition) is 2. The van der Waals surface area contributed by atoms with E-state index in [-0.39, 0.29) is 6.03 Å². The topological polar surface area (TPSA) is 59.0 Å². The molecule has 0 fully saturated rings. The van der Waals surface area contributed by atoms with Crippen molar-refractivity contribution in [3.8, 4) is 0 Å². The Hall–Kier alpha value is -2.04. The van der Waals surface area contributed by atoms with Crippen LogP contribution >= 0.6 is 0 Å². The highest BCUT2D eigenvalue weighted by Gasteiger charge is 2.02. The van der Waals surface area contributed by atoms with Gasteiger partial charge in [0.2, 0.25) is 0 Å². The molecule has 2 N–H and O–H groups in total. The molecule has 2 amide bonds. The van der Waals surface area contributed by atoms with E-state index >= 15 is 0 Å². The summed E-state index contributed by atoms with van der Waals surface area (Å²) in [5, 5.41) is 5.59. The van der Waals surface area contributed by atoms with Crippen LogP contribution in [0.3, 0.4) is 0 Å². The monoisotopic (exact) mass is 246 g/mol. The van der Waals surface area contributed by atoms with Crippen LogP contribution in [0.15, 0.2) is 24.5 Å². The molecule has 0 spiro atoms. The van der Waals surface area contributed by atoms with Crippen molar-refractivity contribution in [3.63, 3.8) is 0 Å². The van der Waals surface area contributed by atoms with Gasteiger partial charge >= 0.3 is 6.03 Å². The summed E-state index contributed by atoms with van der Waals surface area (Å²) in [6, 6.07) is 5.89. The molecule has 0 saturated carbocycles. The zero-order chi connectivity index (χ0) is 13.0. The Morgan fingerprint density at radius 1 is 1.39 bits per heavy atom. The van der Waals surface area contributed by atoms with Crippen molar-refractivity contribution >= 4 is 17.1 Å². The number of rotatable bonds is 4. The van der Waals surface area contributed by atoms with Gasteiger partial charge in [0, 0.05) is 20.1 Å². The number of hydrogen-bond acceptors (Lipinski definition) is 2. The minimum absolute atomic E-state index is 0.127. The van der Waals surface area contributed by atoms with Gasteiger partial charge in [0.25, 0.3) is 0 Å². The fraction of sp³-hybridized carbons (Fsp3) is 0.385. The van der Waals surface area contributed by atoms with Gasteiger partial charge in [-0.15, -0.1) is 0 Å². The summed E-state index contributed by atoms with van der Waals surface area (Å²) < 4.78 is 1.97. The standard InChI is InChI=1S/C13H18N4O/c1-3-6-14-13(18)15-8-10-4-5-12-11(7-10)16-9-17(12)2/h4-5,7,9H,3,6,8H2,1-2H3,(H2,14,15,18). The molecule has 0 atom stereocenters. The zero-order valence-corrected chi connectivity index (χ0v) is 10.7. The molecular weight excluding hydrogens is 228 g/mol. The lowest BCUT2D eigenvalue weighted by molar-refractivity contribution is 0.240. The molecular formula is C13H18N4O. The first-order chi connectivity index (χ1) is 8.70. The quantitative estimate of drug-likeness (QED) is 0.864. The Bertz CT molecular complexity index is 547. The van der Waals surface area contributed by atoms with E-state index in [4.69, 9.17) is 0 Å². The van der Waals surface area contributed by atoms with E-state index in [1.165, 1.54) is 0 Å². The van der Waals surface area contributed by atoms with Gasteiger partial charge < -0.3 is 15.2 Å². The molecule has 1 heterocycles. The molecule has 5 nitrogen and oxygen atoms in total. The van der Waals surface area contributed by atoms with E-state index in [1.807, 2.05) is 36.7 Å². The van der Waals surface area contributed by atoms with Gasteiger partial charge in [-0.3, -0.25) is 0 Å². The molecule has 0 aliphatic heterocycles. The number of nitrogens with one attached hydrogen (secondary N) is 2. The molecule has 2 rings (SSSR count). The Kier molecular flexibility index (Phi) is 3.82. The first kappa shape index (κ1) is 12.4. The Balaban J connectivity index is 1.97. The third kappa shape index (κ3) is 2.80. The molecule has 0 aliphatic rings. The van der Waals surface area contributed by atoms with Crippen LogP contribution in [-0.2, 0) is 13.6 Å². The minimum atomic E-state index is -0.127. The maximum atomic E-state index is 11.4. The second-order valence-electron chi connectivity index (χ2n) is 4.29. The largest absolute Gasteiger partial charge is 0.338 e. The lowest BCUT2D eigenvalue weighted by Gasteiger charge is -2.06. The predicted molar refractivity (Wildman–Crippen MR) is 71.2 cm³/mol. The summed E-state index contributed by atoms with van der Waals surface area (Å²) in [6.45, 7) is 3.24. The minimum Gasteiger partial charge on any atom is -0.338 e. The number of fused-ring (bicyclic) bond motifs is 1. The van der Waals surface area contributed by atoms with Crippen LogP contribution in [0.25, 0.3) is 11.0 Å². The molecule has 5 heteroatoms. The summed E-state index contributed by atoms with van der Waals surface area (Å²) in [4.78, 5) is 15.7. The van der Waals surface area contributed by atoms with Crippen LogP contribution in [0.2, 0.25) is 0 Å². The normalized spacial score (nSPS) is 10.6. The average Bonchev–Trinajstić information content (AvgIpc) is 2.75. The van der Waals surface area contributed by atoms with Gasteiger partial charge in [0.05, 0.1) is 17.4 Å². The second kappa shape index (κ2) is 5.53. The number of imidazole rings is 1. The molecule has 96 valence electrons. The van der Waals surface area contributed by atoms with Gasteiger partial charge in [-0.2, -0.15) is 0 Å². The maximum absolute atomic E-state index is 11.4. The molecule has 0 aliphatic carbocycles. The molecule has 1 aromatic carbocycles. The van der Waals surface area contributed by atoms with Crippen molar-refractivity contribution in [1.29, 1.82) is 0 Å². The molecule has 1 aromatic heterocycles. The van der Waals surface area contributed by atoms with Crippen LogP contribution < -0.4 is 10.6 Å². The Morgan fingerprint density at radius 3 is 3.00 bits per heavy atom. The number of carbonyl (C=O) groups excluding carboxylic acids is 1. The fourth-order valence-corrected chi connectivity index (χ4v) is 1.78. The van der Waals surface area contributed by atoms with Crippen molar-refractivity contribution in [1.82, 2.24) is 20.2 Å². The number of urea groups is 1. The van der Waals surface area contributed by atoms with Crippen molar-refractivity contribution in [2.45, 2.75) is 19.9 Å². The van der Waals surface area contributed by atoms with E-state index in [0.717, 1.165) is 23.0 Å². The number of nitrogens with zero attached hydrogens (tertiary/aromatic N) is 2. The summed E-state index contributed by atoms with van der Waals surface area (Å²) in [6.07, 6.45) is 2.73. The first-order valence-electron chi connectivity index (χ1n) is 6.12. The summed E-state index contributed by atoms with van der Waals surface area (Å²) in [5.74, 6) is 0. The molecule has 0 bridgehead atoms. The SMILES string of the molecule is CCCNC(=O)NCc1ccc2c(c1)ncn2C. The second-order valence-corrected chi connectivity index (χ2v) is 4.29. The van der Waals surface area contributed by atoms with Gasteiger partial charge in [0.1, 0.15) is 0 Å². The van der Waals surface area contributed by atoms with Crippen molar-refractivity contribution < 1.29 is 4.79 Å². The number of amides is 2. The smallest absolute Gasteiger partial charge is 0.315 e. The van der Waals surface area contributed by atoms with E-state index < -0.39 is 0 Å². The lowest BCUT2D eigenvalue weighted by Crippen LogP contribution is -2.35. The molecule has 18 heavy (non-hydrogen) atoms. The van der Waals surface area contributed by atoms with E-state index in [2.05, 4.69) is 15.6 Å². The number of aromatic nitrogens is 2. The zero-order valence-electron chi connectivity index (χ0n) is 10.7. The van der Waals surface area contributed by atoms with Crippen molar-refractivity contribution in [3.05, 3.63) is 30.1 Å². The lowest BCUT2D eigenvalue weighted by atomic mass is 10.2. The van der Waals surface area contributed by atoms with E-state index in [0.29, 0.717) is 13.1 Å². The van der Waals surface area contributed by atoms with Crippen LogP contribution in [0.4, 0.5) is 4.79 Å². The van der Waals surface area contributed by atoms with Crippen LogP contribution in [0.1, 0.15) is 18.9 Å². The highest BCUT2D eigenvalue weighted by molar-refractivity contribution is 5.76. The third-order valence-electron chi connectivity index (χ3n) is 2.78. The highest BCUT2D eigenvalue weighted by atomic mass is 16.2. The Labute approximate surface area is 106 Å². The predicted octanol–water partition coefficient (Wildman–Crippen LogP) is 1.78. The summed E-state index contributed by atoms with van der Waals surface area (Å²) in [5.41, 5.74) is 3.09. The average molecular weight is 246 g/mol. The number of benzene rings is 1. The fourth-order valence-electron chi connectivity index (χ4n) is 1.78. The van der Waals surface area contributed by atoms with Gasteiger partial charge in [-0.25, -0.2) is 9.78 Å². The summed E-state index contributed by atoms with van der Waals surface area (Å²) in [7, 11) is 1.96. The Morgan fingerprint density at radius 2 is 2.22 bits per heavy atom. The van der Waals surface area contributed by atoms with Crippen LogP contribution in [0, 0.1) is 0 Å². The molecule has 2 aromatic rings. The number of aryl methyl sites for hydroxylation is 1. The molecule has 0 radical (unpaired) electrons.